The van der Waals surface area contributed by atoms with Crippen LogP contribution in [0.2, 0.25) is 0 Å². The third-order valence-corrected chi connectivity index (χ3v) is 3.79. The molecule has 0 amide bonds. The van der Waals surface area contributed by atoms with Gasteiger partial charge in [0.2, 0.25) is 0 Å². The van der Waals surface area contributed by atoms with Gasteiger partial charge in [-0.3, -0.25) is 0 Å². The molecule has 0 N–H and O–H groups in total. The molecular formula is C18H34. The minimum atomic E-state index is 0.988. The van der Waals surface area contributed by atoms with Crippen LogP contribution >= 0.6 is 0 Å². The molecule has 0 aromatic carbocycles. The lowest BCUT2D eigenvalue weighted by molar-refractivity contribution is 0.573. The van der Waals surface area contributed by atoms with Crippen molar-refractivity contribution in [2.75, 3.05) is 0 Å². The second-order valence-corrected chi connectivity index (χ2v) is 5.46. The van der Waals surface area contributed by atoms with Gasteiger partial charge in [0.25, 0.3) is 0 Å². The van der Waals surface area contributed by atoms with E-state index in [-0.39, 0.29) is 0 Å². The van der Waals surface area contributed by atoms with Crippen molar-refractivity contribution >= 4 is 0 Å². The van der Waals surface area contributed by atoms with Crippen molar-refractivity contribution in [3.63, 3.8) is 0 Å². The normalized spacial score (nSPS) is 12.7. The Morgan fingerprint density at radius 3 is 1.83 bits per heavy atom. The lowest BCUT2D eigenvalue weighted by atomic mass is 9.97. The molecule has 0 aliphatic rings. The third kappa shape index (κ3) is 9.74. The lowest BCUT2D eigenvalue weighted by Gasteiger charge is -2.10. The van der Waals surface area contributed by atoms with E-state index in [9.17, 15) is 0 Å². The summed E-state index contributed by atoms with van der Waals surface area (Å²) in [5.74, 6) is 0. The molecule has 0 saturated carbocycles. The molecule has 0 aromatic heterocycles. The van der Waals surface area contributed by atoms with Gasteiger partial charge in [-0.2, -0.15) is 0 Å². The minimum absolute atomic E-state index is 0.988. The van der Waals surface area contributed by atoms with Crippen molar-refractivity contribution in [3.8, 4) is 0 Å². The van der Waals surface area contributed by atoms with E-state index in [2.05, 4.69) is 27.7 Å². The Labute approximate surface area is 116 Å². The van der Waals surface area contributed by atoms with Crippen molar-refractivity contribution < 1.29 is 0 Å². The summed E-state index contributed by atoms with van der Waals surface area (Å²) in [5, 5.41) is 0. The van der Waals surface area contributed by atoms with Gasteiger partial charge in [0.1, 0.15) is 0 Å². The maximum absolute atomic E-state index is 4.06. The van der Waals surface area contributed by atoms with E-state index in [1.807, 2.05) is 0 Å². The zero-order valence-corrected chi connectivity index (χ0v) is 12.9. The van der Waals surface area contributed by atoms with Crippen molar-refractivity contribution in [1.82, 2.24) is 0 Å². The highest BCUT2D eigenvalue weighted by molar-refractivity contribution is 5.12. The molecular weight excluding hydrogens is 216 g/mol. The van der Waals surface area contributed by atoms with Gasteiger partial charge in [-0.1, -0.05) is 69.9 Å². The lowest BCUT2D eigenvalue weighted by Crippen LogP contribution is -1.90. The fraction of sp³-hybridized carbons (Fsp3) is 0.778. The second kappa shape index (κ2) is 13.2. The zero-order valence-electron chi connectivity index (χ0n) is 12.9. The Balaban J connectivity index is 3.54. The van der Waals surface area contributed by atoms with E-state index in [1.165, 1.54) is 57.8 Å². The number of hydrogen-bond acceptors (Lipinski definition) is 0. The summed E-state index contributed by atoms with van der Waals surface area (Å²) in [4.78, 5) is 0. The van der Waals surface area contributed by atoms with E-state index in [4.69, 9.17) is 0 Å². The maximum atomic E-state index is 4.06. The van der Waals surface area contributed by atoms with Crippen LogP contribution in [0.25, 0.3) is 0 Å². The number of rotatable bonds is 12. The summed E-state index contributed by atoms with van der Waals surface area (Å²) in [6.45, 7) is 12.5. The Morgan fingerprint density at radius 1 is 0.778 bits per heavy atom. The number of unbranched alkanes of at least 4 members (excludes halogenated alkanes) is 7. The standard InChI is InChI=1S/C18H34/c1-5-8-9-10-11-12-13-14-16-18(7-3)17(4)15-6-2/h2-3,5-16H2,1,4H3. The molecule has 0 spiro atoms. The third-order valence-electron chi connectivity index (χ3n) is 3.79. The molecule has 0 aliphatic heterocycles. The summed E-state index contributed by atoms with van der Waals surface area (Å²) in [5.41, 5.74) is 3.13. The van der Waals surface area contributed by atoms with Crippen LogP contribution in [0, 0.1) is 13.8 Å². The fourth-order valence-electron chi connectivity index (χ4n) is 2.47. The molecule has 0 aromatic rings. The topological polar surface area (TPSA) is 0 Å². The summed E-state index contributed by atoms with van der Waals surface area (Å²) in [6.07, 6.45) is 15.7. The quantitative estimate of drug-likeness (QED) is 0.268. The maximum Gasteiger partial charge on any atom is -0.0318 e. The Kier molecular flexibility index (Phi) is 13.0. The molecule has 0 rings (SSSR count). The van der Waals surface area contributed by atoms with Gasteiger partial charge in [-0.05, 0) is 46.0 Å². The van der Waals surface area contributed by atoms with Gasteiger partial charge < -0.3 is 0 Å². The van der Waals surface area contributed by atoms with Crippen molar-refractivity contribution in [2.24, 2.45) is 0 Å². The van der Waals surface area contributed by atoms with Crippen LogP contribution in [0.3, 0.4) is 0 Å². The largest absolute Gasteiger partial charge is 0.0741 e. The van der Waals surface area contributed by atoms with E-state index in [0.717, 1.165) is 19.3 Å². The van der Waals surface area contributed by atoms with E-state index in [0.29, 0.717) is 0 Å². The first-order valence-electron chi connectivity index (χ1n) is 8.02. The predicted molar refractivity (Wildman–Crippen MR) is 84.5 cm³/mol. The summed E-state index contributed by atoms with van der Waals surface area (Å²) >= 11 is 0. The first kappa shape index (κ1) is 17.7. The average molecular weight is 250 g/mol. The molecule has 0 atom stereocenters. The van der Waals surface area contributed by atoms with Gasteiger partial charge in [0.05, 0.1) is 0 Å². The van der Waals surface area contributed by atoms with E-state index < -0.39 is 0 Å². The Hall–Kier alpha value is -0.260. The average Bonchev–Trinajstić information content (AvgIpc) is 2.37. The Morgan fingerprint density at radius 2 is 1.33 bits per heavy atom. The highest BCUT2D eigenvalue weighted by atomic mass is 14.1. The van der Waals surface area contributed by atoms with Crippen LogP contribution < -0.4 is 0 Å². The highest BCUT2D eigenvalue weighted by Crippen LogP contribution is 2.20. The fourth-order valence-corrected chi connectivity index (χ4v) is 2.47. The first-order valence-corrected chi connectivity index (χ1v) is 8.02. The molecule has 0 unspecified atom stereocenters. The molecule has 0 heteroatoms. The molecule has 0 aliphatic carbocycles. The minimum Gasteiger partial charge on any atom is -0.0741 e. The smallest absolute Gasteiger partial charge is 0.0318 e. The van der Waals surface area contributed by atoms with E-state index >= 15 is 0 Å². The summed E-state index contributed by atoms with van der Waals surface area (Å²) < 4.78 is 0. The second-order valence-electron chi connectivity index (χ2n) is 5.46. The summed E-state index contributed by atoms with van der Waals surface area (Å²) in [6, 6.07) is 0. The van der Waals surface area contributed by atoms with Crippen LogP contribution in [-0.4, -0.2) is 0 Å². The highest BCUT2D eigenvalue weighted by Gasteiger charge is 2.00. The number of hydrogen-bond donors (Lipinski definition) is 0. The monoisotopic (exact) mass is 250 g/mol. The molecule has 0 fully saturated rings. The van der Waals surface area contributed by atoms with Crippen molar-refractivity contribution in [3.05, 3.63) is 25.0 Å². The molecule has 0 saturated heterocycles. The van der Waals surface area contributed by atoms with Gasteiger partial charge in [0.15, 0.2) is 0 Å². The van der Waals surface area contributed by atoms with Gasteiger partial charge in [-0.25, -0.2) is 0 Å². The van der Waals surface area contributed by atoms with Crippen LogP contribution in [0.5, 0.6) is 0 Å². The molecule has 106 valence electrons. The SMILES string of the molecule is [CH2]CCC(C)=C(C[CH2])CCCCCCCCCC. The Bertz CT molecular complexity index is 200. The molecule has 0 nitrogen and oxygen atoms in total. The first-order chi connectivity index (χ1) is 8.76. The van der Waals surface area contributed by atoms with Crippen molar-refractivity contribution in [2.45, 2.75) is 90.9 Å². The van der Waals surface area contributed by atoms with Crippen LogP contribution in [0.15, 0.2) is 11.1 Å². The molecule has 0 heterocycles. The molecule has 18 heavy (non-hydrogen) atoms. The zero-order chi connectivity index (χ0) is 13.6. The predicted octanol–water partition coefficient (Wildman–Crippen LogP) is 6.67. The van der Waals surface area contributed by atoms with Crippen LogP contribution in [-0.2, 0) is 0 Å². The molecule has 0 bridgehead atoms. The van der Waals surface area contributed by atoms with Gasteiger partial charge >= 0.3 is 0 Å². The van der Waals surface area contributed by atoms with Crippen LogP contribution in [0.4, 0.5) is 0 Å². The van der Waals surface area contributed by atoms with Crippen molar-refractivity contribution in [1.29, 1.82) is 0 Å². The van der Waals surface area contributed by atoms with E-state index in [1.54, 1.807) is 11.1 Å². The number of allylic oxidation sites excluding steroid dienone is 2. The molecule has 2 radical (unpaired) electrons. The van der Waals surface area contributed by atoms with Crippen LogP contribution in [0.1, 0.15) is 90.9 Å². The van der Waals surface area contributed by atoms with Gasteiger partial charge in [-0.15, -0.1) is 0 Å². The summed E-state index contributed by atoms with van der Waals surface area (Å²) in [7, 11) is 0. The van der Waals surface area contributed by atoms with Gasteiger partial charge in [0, 0.05) is 0 Å².